The van der Waals surface area contributed by atoms with Crippen molar-refractivity contribution in [1.82, 2.24) is 9.62 Å². The van der Waals surface area contributed by atoms with Crippen molar-refractivity contribution in [2.75, 3.05) is 27.2 Å². The molecule has 0 spiro atoms. The minimum atomic E-state index is -3.51. The maximum Gasteiger partial charge on any atom is 0.240 e. The Morgan fingerprint density at radius 1 is 1.39 bits per heavy atom. The fraction of sp³-hybridized carbons (Fsp3) is 0.417. The molecule has 0 aliphatic heterocycles. The SMILES string of the molecule is CN(C)CCCNS(=O)(=O)c1cccc(C#N)c1. The standard InChI is InChI=1S/C12H17N3O2S/c1-15(2)8-4-7-14-18(16,17)12-6-3-5-11(9-12)10-13/h3,5-6,9,14H,4,7-8H2,1-2H3. The van der Waals surface area contributed by atoms with Gasteiger partial charge in [-0.1, -0.05) is 6.07 Å². The second-order valence-electron chi connectivity index (χ2n) is 4.19. The first-order chi connectivity index (χ1) is 8.45. The van der Waals surface area contributed by atoms with E-state index in [0.29, 0.717) is 12.1 Å². The molecule has 0 amide bonds. The third kappa shape index (κ3) is 4.45. The van der Waals surface area contributed by atoms with E-state index >= 15 is 0 Å². The highest BCUT2D eigenvalue weighted by molar-refractivity contribution is 7.89. The van der Waals surface area contributed by atoms with Crippen LogP contribution in [0.15, 0.2) is 29.2 Å². The van der Waals surface area contributed by atoms with Gasteiger partial charge in [-0.3, -0.25) is 0 Å². The number of nitrogens with zero attached hydrogens (tertiary/aromatic N) is 2. The molecule has 0 radical (unpaired) electrons. The van der Waals surface area contributed by atoms with Crippen LogP contribution in [0, 0.1) is 11.3 Å². The Bertz CT molecular complexity index is 532. The first kappa shape index (κ1) is 14.6. The monoisotopic (exact) mass is 267 g/mol. The molecule has 6 heteroatoms. The van der Waals surface area contributed by atoms with Crippen LogP contribution in [0.1, 0.15) is 12.0 Å². The van der Waals surface area contributed by atoms with E-state index in [1.165, 1.54) is 12.1 Å². The zero-order chi connectivity index (χ0) is 13.6. The highest BCUT2D eigenvalue weighted by atomic mass is 32.2. The fourth-order valence-corrected chi connectivity index (χ4v) is 2.54. The van der Waals surface area contributed by atoms with E-state index in [2.05, 4.69) is 4.72 Å². The van der Waals surface area contributed by atoms with Gasteiger partial charge in [0.2, 0.25) is 10.0 Å². The average Bonchev–Trinajstić information content (AvgIpc) is 2.34. The van der Waals surface area contributed by atoms with Gasteiger partial charge in [-0.25, -0.2) is 13.1 Å². The van der Waals surface area contributed by atoms with E-state index in [9.17, 15) is 8.42 Å². The van der Waals surface area contributed by atoms with Gasteiger partial charge in [-0.05, 0) is 45.3 Å². The molecule has 1 aromatic rings. The minimum Gasteiger partial charge on any atom is -0.309 e. The lowest BCUT2D eigenvalue weighted by Crippen LogP contribution is -2.27. The summed E-state index contributed by atoms with van der Waals surface area (Å²) in [6.07, 6.45) is 0.740. The topological polar surface area (TPSA) is 73.2 Å². The Balaban J connectivity index is 2.66. The van der Waals surface area contributed by atoms with E-state index in [-0.39, 0.29) is 4.90 Å². The second kappa shape index (κ2) is 6.50. The molecule has 0 saturated carbocycles. The van der Waals surface area contributed by atoms with E-state index in [1.807, 2.05) is 25.1 Å². The van der Waals surface area contributed by atoms with E-state index < -0.39 is 10.0 Å². The molecule has 1 aromatic carbocycles. The number of sulfonamides is 1. The molecule has 0 aliphatic rings. The summed E-state index contributed by atoms with van der Waals surface area (Å²) in [6.45, 7) is 1.21. The van der Waals surface area contributed by atoms with E-state index in [0.717, 1.165) is 13.0 Å². The zero-order valence-electron chi connectivity index (χ0n) is 10.5. The molecule has 0 heterocycles. The number of hydrogen-bond acceptors (Lipinski definition) is 4. The Hall–Kier alpha value is -1.42. The normalized spacial score (nSPS) is 11.4. The molecule has 0 aliphatic carbocycles. The molecule has 0 atom stereocenters. The van der Waals surface area contributed by atoms with E-state index in [1.54, 1.807) is 12.1 Å². The second-order valence-corrected chi connectivity index (χ2v) is 5.96. The number of nitrogens with one attached hydrogen (secondary N) is 1. The Labute approximate surface area is 108 Å². The quantitative estimate of drug-likeness (QED) is 0.773. The predicted octanol–water partition coefficient (Wildman–Crippen LogP) is 0.788. The van der Waals surface area contributed by atoms with Crippen molar-refractivity contribution >= 4 is 10.0 Å². The largest absolute Gasteiger partial charge is 0.309 e. The van der Waals surface area contributed by atoms with Crippen molar-refractivity contribution in [3.63, 3.8) is 0 Å². The number of benzene rings is 1. The van der Waals surface area contributed by atoms with Crippen LogP contribution in [0.25, 0.3) is 0 Å². The molecule has 1 N–H and O–H groups in total. The molecule has 98 valence electrons. The molecule has 0 aromatic heterocycles. The summed E-state index contributed by atoms with van der Waals surface area (Å²) in [5.74, 6) is 0. The average molecular weight is 267 g/mol. The van der Waals surface area contributed by atoms with Crippen LogP contribution in [0.4, 0.5) is 0 Å². The van der Waals surface area contributed by atoms with Crippen LogP contribution < -0.4 is 4.72 Å². The molecule has 5 nitrogen and oxygen atoms in total. The molecule has 18 heavy (non-hydrogen) atoms. The van der Waals surface area contributed by atoms with Gasteiger partial charge in [-0.15, -0.1) is 0 Å². The first-order valence-electron chi connectivity index (χ1n) is 5.60. The summed E-state index contributed by atoms with van der Waals surface area (Å²) in [5.41, 5.74) is 0.339. The molecule has 0 unspecified atom stereocenters. The maximum absolute atomic E-state index is 11.9. The van der Waals surface area contributed by atoms with Crippen molar-refractivity contribution < 1.29 is 8.42 Å². The smallest absolute Gasteiger partial charge is 0.240 e. The van der Waals surface area contributed by atoms with Crippen molar-refractivity contribution in [3.8, 4) is 6.07 Å². The Morgan fingerprint density at radius 3 is 2.72 bits per heavy atom. The third-order valence-corrected chi connectivity index (χ3v) is 3.81. The number of nitriles is 1. The van der Waals surface area contributed by atoms with Crippen molar-refractivity contribution in [2.45, 2.75) is 11.3 Å². The Kier molecular flexibility index (Phi) is 5.28. The van der Waals surface area contributed by atoms with Crippen LogP contribution in [-0.2, 0) is 10.0 Å². The van der Waals surface area contributed by atoms with Gasteiger partial charge >= 0.3 is 0 Å². The van der Waals surface area contributed by atoms with Crippen LogP contribution in [-0.4, -0.2) is 40.5 Å². The summed E-state index contributed by atoms with van der Waals surface area (Å²) < 4.78 is 26.3. The van der Waals surface area contributed by atoms with Gasteiger partial charge in [0, 0.05) is 6.54 Å². The summed E-state index contributed by atoms with van der Waals surface area (Å²) >= 11 is 0. The lowest BCUT2D eigenvalue weighted by molar-refractivity contribution is 0.400. The van der Waals surface area contributed by atoms with Gasteiger partial charge in [0.1, 0.15) is 0 Å². The fourth-order valence-electron chi connectivity index (χ4n) is 1.42. The molecular formula is C12H17N3O2S. The lowest BCUT2D eigenvalue weighted by atomic mass is 10.2. The highest BCUT2D eigenvalue weighted by Crippen LogP contribution is 2.10. The summed E-state index contributed by atoms with van der Waals surface area (Å²) in [7, 11) is 0.360. The summed E-state index contributed by atoms with van der Waals surface area (Å²) in [6, 6.07) is 7.91. The van der Waals surface area contributed by atoms with Crippen molar-refractivity contribution in [3.05, 3.63) is 29.8 Å². The van der Waals surface area contributed by atoms with Gasteiger partial charge in [0.05, 0.1) is 16.5 Å². The molecule has 0 fully saturated rings. The van der Waals surface area contributed by atoms with E-state index in [4.69, 9.17) is 5.26 Å². The first-order valence-corrected chi connectivity index (χ1v) is 7.08. The van der Waals surface area contributed by atoms with Crippen LogP contribution in [0.2, 0.25) is 0 Å². The van der Waals surface area contributed by atoms with Crippen molar-refractivity contribution in [1.29, 1.82) is 5.26 Å². The molecule has 0 saturated heterocycles. The Morgan fingerprint density at radius 2 is 2.11 bits per heavy atom. The van der Waals surface area contributed by atoms with Gasteiger partial charge < -0.3 is 4.90 Å². The van der Waals surface area contributed by atoms with Crippen molar-refractivity contribution in [2.24, 2.45) is 0 Å². The maximum atomic E-state index is 11.9. The summed E-state index contributed by atoms with van der Waals surface area (Å²) in [4.78, 5) is 2.12. The van der Waals surface area contributed by atoms with Gasteiger partial charge in [0.15, 0.2) is 0 Å². The predicted molar refractivity (Wildman–Crippen MR) is 69.5 cm³/mol. The van der Waals surface area contributed by atoms with Crippen LogP contribution in [0.5, 0.6) is 0 Å². The van der Waals surface area contributed by atoms with Crippen LogP contribution >= 0.6 is 0 Å². The number of hydrogen-bond donors (Lipinski definition) is 1. The van der Waals surface area contributed by atoms with Gasteiger partial charge in [-0.2, -0.15) is 5.26 Å². The highest BCUT2D eigenvalue weighted by Gasteiger charge is 2.13. The summed E-state index contributed by atoms with van der Waals surface area (Å²) in [5, 5.41) is 8.73. The van der Waals surface area contributed by atoms with Crippen LogP contribution in [0.3, 0.4) is 0 Å². The third-order valence-electron chi connectivity index (χ3n) is 2.35. The zero-order valence-corrected chi connectivity index (χ0v) is 11.4. The van der Waals surface area contributed by atoms with Gasteiger partial charge in [0.25, 0.3) is 0 Å². The minimum absolute atomic E-state index is 0.131. The molecular weight excluding hydrogens is 250 g/mol. The lowest BCUT2D eigenvalue weighted by Gasteiger charge is -2.10. The molecule has 0 bridgehead atoms. The molecule has 1 rings (SSSR count). The number of rotatable bonds is 6.